The molecule has 50 valence electrons. The number of hydrogen-bond donors (Lipinski definition) is 0. The molecule has 0 aliphatic heterocycles. The highest BCUT2D eigenvalue weighted by molar-refractivity contribution is 9.06. The molecule has 0 aliphatic rings. The molecule has 0 atom stereocenters. The Balaban J connectivity index is 4.17. The highest BCUT2D eigenvalue weighted by Crippen LogP contribution is 2.09. The minimum absolute atomic E-state index is 1.90. The second-order valence-corrected chi connectivity index (χ2v) is 3.08. The predicted octanol–water partition coefficient (Wildman–Crippen LogP) is 0.865. The molecule has 0 heterocycles. The van der Waals surface area contributed by atoms with E-state index in [1.165, 1.54) is 0 Å². The lowest BCUT2D eigenvalue weighted by Crippen LogP contribution is -2.09. The smallest absolute Gasteiger partial charge is 0.192 e. The van der Waals surface area contributed by atoms with Crippen LogP contribution in [0.4, 0.5) is 8.78 Å². The van der Waals surface area contributed by atoms with Crippen molar-refractivity contribution in [2.45, 2.75) is 5.76 Å². The highest BCUT2D eigenvalue weighted by atomic mass is 79.9. The molecule has 0 N–H and O–H groups in total. The van der Waals surface area contributed by atoms with Crippen LogP contribution in [0.15, 0.2) is 0 Å². The van der Waals surface area contributed by atoms with Crippen LogP contribution in [0.3, 0.4) is 0 Å². The van der Waals surface area contributed by atoms with E-state index in [0.717, 1.165) is 0 Å². The van der Waals surface area contributed by atoms with E-state index in [1.54, 1.807) is 0 Å². The number of rotatable bonds is 2. The van der Waals surface area contributed by atoms with Crippen LogP contribution in [0, 0.1) is 0 Å². The van der Waals surface area contributed by atoms with E-state index >= 15 is 0 Å². The first-order valence-electron chi connectivity index (χ1n) is 1.33. The third-order valence-electron chi connectivity index (χ3n) is 0.306. The molecule has 8 heavy (non-hydrogen) atoms. The molecule has 0 spiro atoms. The standard InChI is InChI=1S/CHBrF2O3S/c2-7-8(5,6)1(3)4/h1H. The summed E-state index contributed by atoms with van der Waals surface area (Å²) >= 11 is 1.90. The zero-order valence-electron chi connectivity index (χ0n) is 3.34. The largest absolute Gasteiger partial charge is 0.362 e. The van der Waals surface area contributed by atoms with Crippen LogP contribution in [0.25, 0.3) is 0 Å². The summed E-state index contributed by atoms with van der Waals surface area (Å²) in [4.78, 5) is 0. The molecule has 0 fully saturated rings. The summed E-state index contributed by atoms with van der Waals surface area (Å²) in [6.45, 7) is 0. The van der Waals surface area contributed by atoms with Crippen molar-refractivity contribution >= 4 is 26.4 Å². The Morgan fingerprint density at radius 2 is 1.88 bits per heavy atom. The van der Waals surface area contributed by atoms with E-state index in [-0.39, 0.29) is 0 Å². The molecule has 0 aromatic heterocycles. The fourth-order valence-electron chi connectivity index (χ4n) is 0.0275. The first-order chi connectivity index (χ1) is 3.50. The fraction of sp³-hybridized carbons (Fsp3) is 1.00. The third kappa shape index (κ3) is 2.01. The third-order valence-corrected chi connectivity index (χ3v) is 2.02. The molecule has 3 nitrogen and oxygen atoms in total. The number of halogens is 3. The summed E-state index contributed by atoms with van der Waals surface area (Å²) in [6.07, 6.45) is 0. The molecule has 0 aliphatic carbocycles. The van der Waals surface area contributed by atoms with Gasteiger partial charge in [-0.25, -0.2) is 0 Å². The van der Waals surface area contributed by atoms with Crippen molar-refractivity contribution in [2.24, 2.45) is 0 Å². The first kappa shape index (κ1) is 8.25. The quantitative estimate of drug-likeness (QED) is 0.680. The fourth-order valence-corrected chi connectivity index (χ4v) is 0.429. The van der Waals surface area contributed by atoms with E-state index in [1.807, 2.05) is 16.3 Å². The Morgan fingerprint density at radius 3 is 1.88 bits per heavy atom. The summed E-state index contributed by atoms with van der Waals surface area (Å²) in [7, 11) is -4.65. The Bertz CT molecular complexity index is 151. The molecule has 0 saturated heterocycles. The Labute approximate surface area is 53.2 Å². The topological polar surface area (TPSA) is 43.4 Å². The molecule has 0 bridgehead atoms. The molecule has 0 saturated carbocycles. The molecule has 0 aromatic carbocycles. The normalized spacial score (nSPS) is 12.5. The van der Waals surface area contributed by atoms with Crippen LogP contribution in [-0.4, -0.2) is 14.2 Å². The molecule has 0 amide bonds. The maximum atomic E-state index is 11.1. The average Bonchev–Trinajstić information content (AvgIpc) is 1.67. The Hall–Kier alpha value is 0.250. The van der Waals surface area contributed by atoms with Gasteiger partial charge in [-0.15, -0.1) is 0 Å². The molecule has 0 rings (SSSR count). The van der Waals surface area contributed by atoms with Gasteiger partial charge >= 0.3 is 15.9 Å². The van der Waals surface area contributed by atoms with Gasteiger partial charge in [-0.3, -0.25) is 0 Å². The van der Waals surface area contributed by atoms with Crippen molar-refractivity contribution in [2.75, 3.05) is 0 Å². The zero-order chi connectivity index (χ0) is 6.78. The van der Waals surface area contributed by atoms with Gasteiger partial charge in [0.25, 0.3) is 0 Å². The SMILES string of the molecule is O=S(=O)(OBr)C(F)F. The van der Waals surface area contributed by atoms with E-state index in [0.29, 0.717) is 0 Å². The lowest BCUT2D eigenvalue weighted by molar-refractivity contribution is 0.223. The summed E-state index contributed by atoms with van der Waals surface area (Å²) in [5.74, 6) is -3.48. The van der Waals surface area contributed by atoms with Crippen molar-refractivity contribution in [3.8, 4) is 0 Å². The number of hydrogen-bond acceptors (Lipinski definition) is 3. The Kier molecular flexibility index (Phi) is 2.78. The monoisotopic (exact) mass is 210 g/mol. The lowest BCUT2D eigenvalue weighted by atomic mass is 11.7. The van der Waals surface area contributed by atoms with Gasteiger partial charge in [0.2, 0.25) is 0 Å². The minimum atomic E-state index is -4.65. The summed E-state index contributed by atoms with van der Waals surface area (Å²) in [5.41, 5.74) is 0. The summed E-state index contributed by atoms with van der Waals surface area (Å²) in [5, 5.41) is 0. The average molecular weight is 211 g/mol. The second kappa shape index (κ2) is 2.70. The molecular formula is CHBrF2O3S. The molecule has 7 heteroatoms. The molecule has 0 radical (unpaired) electrons. The second-order valence-electron chi connectivity index (χ2n) is 0.816. The maximum Gasteiger partial charge on any atom is 0.362 e. The van der Waals surface area contributed by atoms with Gasteiger partial charge in [-0.1, -0.05) is 0 Å². The van der Waals surface area contributed by atoms with Gasteiger partial charge in [0.05, 0.1) is 0 Å². The van der Waals surface area contributed by atoms with Crippen molar-refractivity contribution in [3.63, 3.8) is 0 Å². The minimum Gasteiger partial charge on any atom is -0.192 e. The maximum absolute atomic E-state index is 11.1. The van der Waals surface area contributed by atoms with Crippen molar-refractivity contribution in [1.82, 2.24) is 0 Å². The lowest BCUT2D eigenvalue weighted by Gasteiger charge is -1.92. The zero-order valence-corrected chi connectivity index (χ0v) is 5.75. The van der Waals surface area contributed by atoms with Gasteiger partial charge in [0.15, 0.2) is 0 Å². The van der Waals surface area contributed by atoms with E-state index < -0.39 is 15.9 Å². The van der Waals surface area contributed by atoms with Gasteiger partial charge < -0.3 is 0 Å². The highest BCUT2D eigenvalue weighted by Gasteiger charge is 2.23. The van der Waals surface area contributed by atoms with E-state index in [9.17, 15) is 17.2 Å². The van der Waals surface area contributed by atoms with Gasteiger partial charge in [-0.05, 0) is 0 Å². The Morgan fingerprint density at radius 1 is 1.50 bits per heavy atom. The molecule has 0 aromatic rings. The van der Waals surface area contributed by atoms with Crippen LogP contribution >= 0.6 is 16.3 Å². The summed E-state index contributed by atoms with van der Waals surface area (Å²) < 4.78 is 44.7. The predicted molar refractivity (Wildman–Crippen MR) is 24.9 cm³/mol. The van der Waals surface area contributed by atoms with Crippen LogP contribution in [0.5, 0.6) is 0 Å². The van der Waals surface area contributed by atoms with Crippen molar-refractivity contribution in [3.05, 3.63) is 0 Å². The summed E-state index contributed by atoms with van der Waals surface area (Å²) in [6, 6.07) is 0. The van der Waals surface area contributed by atoms with Gasteiger partial charge in [0, 0.05) is 0 Å². The van der Waals surface area contributed by atoms with Crippen molar-refractivity contribution in [1.29, 1.82) is 0 Å². The van der Waals surface area contributed by atoms with Crippen LogP contribution < -0.4 is 0 Å². The van der Waals surface area contributed by atoms with Gasteiger partial charge in [0.1, 0.15) is 16.3 Å². The molecule has 0 unspecified atom stereocenters. The van der Waals surface area contributed by atoms with Crippen molar-refractivity contribution < 1.29 is 20.5 Å². The van der Waals surface area contributed by atoms with E-state index in [2.05, 4.69) is 3.27 Å². The molecular weight excluding hydrogens is 210 g/mol. The van der Waals surface area contributed by atoms with Crippen LogP contribution in [0.1, 0.15) is 0 Å². The van der Waals surface area contributed by atoms with E-state index in [4.69, 9.17) is 0 Å². The van der Waals surface area contributed by atoms with Crippen LogP contribution in [-0.2, 0) is 13.4 Å². The van der Waals surface area contributed by atoms with Gasteiger partial charge in [-0.2, -0.15) is 20.5 Å². The number of alkyl halides is 2. The first-order valence-corrected chi connectivity index (χ1v) is 3.45. The van der Waals surface area contributed by atoms with Crippen LogP contribution in [0.2, 0.25) is 0 Å².